The first-order valence-electron chi connectivity index (χ1n) is 12.4. The number of hydrogen-bond donors (Lipinski definition) is 2. The topological polar surface area (TPSA) is 117 Å². The molecule has 0 atom stereocenters. The van der Waals surface area contributed by atoms with Crippen LogP contribution in [0.1, 0.15) is 21.5 Å². The van der Waals surface area contributed by atoms with E-state index < -0.39 is 15.9 Å². The molecular weight excluding hydrogens is 564 g/mol. The van der Waals surface area contributed by atoms with Gasteiger partial charge in [0.15, 0.2) is 6.61 Å². The van der Waals surface area contributed by atoms with Crippen molar-refractivity contribution in [1.29, 1.82) is 0 Å². The highest BCUT2D eigenvalue weighted by Crippen LogP contribution is 2.21. The fourth-order valence-corrected chi connectivity index (χ4v) is 4.80. The number of nitrogens with one attached hydrogen (secondary N) is 2. The lowest BCUT2D eigenvalue weighted by Gasteiger charge is -2.22. The molecule has 0 spiro atoms. The molecular formula is C30H27ClN4O5S. The van der Waals surface area contributed by atoms with Gasteiger partial charge < -0.3 is 10.1 Å². The van der Waals surface area contributed by atoms with Gasteiger partial charge in [-0.3, -0.25) is 13.9 Å². The van der Waals surface area contributed by atoms with Crippen LogP contribution in [0.25, 0.3) is 0 Å². The number of hydrogen-bond acceptors (Lipinski definition) is 6. The van der Waals surface area contributed by atoms with Crippen molar-refractivity contribution in [1.82, 2.24) is 5.43 Å². The molecule has 0 aromatic heterocycles. The van der Waals surface area contributed by atoms with Gasteiger partial charge in [-0.05, 0) is 77.9 Å². The molecule has 9 nitrogen and oxygen atoms in total. The van der Waals surface area contributed by atoms with E-state index in [-0.39, 0.29) is 19.1 Å². The second-order valence-corrected chi connectivity index (χ2v) is 11.3. The molecule has 210 valence electrons. The highest BCUT2D eigenvalue weighted by molar-refractivity contribution is 7.92. The number of amides is 2. The van der Waals surface area contributed by atoms with Crippen molar-refractivity contribution < 1.29 is 22.7 Å². The number of anilines is 2. The van der Waals surface area contributed by atoms with Crippen LogP contribution in [0.15, 0.2) is 108 Å². The van der Waals surface area contributed by atoms with Crippen LogP contribution in [-0.4, -0.2) is 39.3 Å². The summed E-state index contributed by atoms with van der Waals surface area (Å²) in [6.45, 7) is -0.00144. The summed E-state index contributed by atoms with van der Waals surface area (Å²) in [5.74, 6) is -0.288. The van der Waals surface area contributed by atoms with Gasteiger partial charge in [0.05, 0.1) is 24.7 Å². The van der Waals surface area contributed by atoms with E-state index in [1.165, 1.54) is 22.7 Å². The Kier molecular flexibility index (Phi) is 9.73. The van der Waals surface area contributed by atoms with Gasteiger partial charge in [-0.2, -0.15) is 5.10 Å². The number of carbonyl (C=O) groups excluding carboxylic acids is 2. The summed E-state index contributed by atoms with van der Waals surface area (Å²) in [4.78, 5) is 24.6. The molecule has 4 rings (SSSR count). The maximum Gasteiger partial charge on any atom is 0.271 e. The zero-order valence-corrected chi connectivity index (χ0v) is 23.6. The standard InChI is InChI=1S/C30H27ClN4O5S/c1-41(38,39)35(20-23-6-3-2-4-7-23)27-14-12-24(13-15-27)30(37)34-32-19-22-10-16-28(17-11-22)40-21-29(36)33-26-9-5-8-25(31)18-26/h2-19H,20-21H2,1H3,(H,33,36)(H,34,37)/b32-19-. The number of nitrogens with zero attached hydrogens (tertiary/aromatic N) is 2. The molecule has 4 aromatic carbocycles. The van der Waals surface area contributed by atoms with Gasteiger partial charge in [0.2, 0.25) is 10.0 Å². The Morgan fingerprint density at radius 2 is 1.63 bits per heavy atom. The maximum atomic E-state index is 12.5. The molecule has 0 aliphatic heterocycles. The van der Waals surface area contributed by atoms with Crippen molar-refractivity contribution >= 4 is 51.0 Å². The Labute approximate surface area is 243 Å². The first kappa shape index (κ1) is 29.3. The first-order valence-corrected chi connectivity index (χ1v) is 14.6. The maximum absolute atomic E-state index is 12.5. The Balaban J connectivity index is 1.28. The van der Waals surface area contributed by atoms with Crippen LogP contribution in [-0.2, 0) is 21.4 Å². The minimum absolute atomic E-state index is 0.176. The highest BCUT2D eigenvalue weighted by atomic mass is 35.5. The van der Waals surface area contributed by atoms with E-state index in [2.05, 4.69) is 15.8 Å². The molecule has 2 amide bonds. The predicted octanol–water partition coefficient (Wildman–Crippen LogP) is 5.09. The molecule has 0 saturated heterocycles. The van der Waals surface area contributed by atoms with Gasteiger partial charge in [0.1, 0.15) is 5.75 Å². The summed E-state index contributed by atoms with van der Waals surface area (Å²) in [5.41, 5.74) is 5.33. The SMILES string of the molecule is CS(=O)(=O)N(Cc1ccccc1)c1ccc(C(=O)N/N=C\c2ccc(OCC(=O)Nc3cccc(Cl)c3)cc2)cc1. The summed E-state index contributed by atoms with van der Waals surface area (Å²) in [6, 6.07) is 29.1. The van der Waals surface area contributed by atoms with E-state index in [4.69, 9.17) is 16.3 Å². The van der Waals surface area contributed by atoms with Crippen molar-refractivity contribution in [3.63, 3.8) is 0 Å². The van der Waals surface area contributed by atoms with E-state index >= 15 is 0 Å². The van der Waals surface area contributed by atoms with Crippen LogP contribution >= 0.6 is 11.6 Å². The van der Waals surface area contributed by atoms with Gasteiger partial charge in [-0.25, -0.2) is 13.8 Å². The smallest absolute Gasteiger partial charge is 0.271 e. The molecule has 0 radical (unpaired) electrons. The predicted molar refractivity (Wildman–Crippen MR) is 161 cm³/mol. The molecule has 0 bridgehead atoms. The third-order valence-electron chi connectivity index (χ3n) is 5.72. The monoisotopic (exact) mass is 590 g/mol. The average molecular weight is 591 g/mol. The van der Waals surface area contributed by atoms with Gasteiger partial charge in [0, 0.05) is 16.3 Å². The van der Waals surface area contributed by atoms with Crippen LogP contribution in [0.3, 0.4) is 0 Å². The van der Waals surface area contributed by atoms with Crippen molar-refractivity contribution in [3.8, 4) is 5.75 Å². The summed E-state index contributed by atoms with van der Waals surface area (Å²) in [7, 11) is -3.54. The number of benzene rings is 4. The Morgan fingerprint density at radius 1 is 0.927 bits per heavy atom. The van der Waals surface area contributed by atoms with Crippen molar-refractivity contribution in [2.24, 2.45) is 5.10 Å². The van der Waals surface area contributed by atoms with Crippen LogP contribution in [0.4, 0.5) is 11.4 Å². The van der Waals surface area contributed by atoms with Gasteiger partial charge in [-0.15, -0.1) is 0 Å². The van der Waals surface area contributed by atoms with Crippen LogP contribution < -0.4 is 19.8 Å². The molecule has 0 heterocycles. The number of halogens is 1. The van der Waals surface area contributed by atoms with E-state index in [1.807, 2.05) is 30.3 Å². The first-order chi connectivity index (χ1) is 19.7. The van der Waals surface area contributed by atoms with Gasteiger partial charge in [0.25, 0.3) is 11.8 Å². The van der Waals surface area contributed by atoms with Crippen molar-refractivity contribution in [3.05, 3.63) is 125 Å². The fraction of sp³-hybridized carbons (Fsp3) is 0.100. The zero-order valence-electron chi connectivity index (χ0n) is 22.0. The highest BCUT2D eigenvalue weighted by Gasteiger charge is 2.18. The van der Waals surface area contributed by atoms with E-state index in [0.717, 1.165) is 11.8 Å². The third-order valence-corrected chi connectivity index (χ3v) is 7.10. The number of carbonyl (C=O) groups is 2. The van der Waals surface area contributed by atoms with Crippen LogP contribution in [0.5, 0.6) is 5.75 Å². The minimum Gasteiger partial charge on any atom is -0.484 e. The Bertz CT molecular complexity index is 1630. The van der Waals surface area contributed by atoms with Crippen LogP contribution in [0, 0.1) is 0 Å². The number of hydrazone groups is 1. The molecule has 4 aromatic rings. The summed E-state index contributed by atoms with van der Waals surface area (Å²) >= 11 is 5.92. The fourth-order valence-electron chi connectivity index (χ4n) is 3.72. The molecule has 0 aliphatic rings. The lowest BCUT2D eigenvalue weighted by atomic mass is 10.2. The lowest BCUT2D eigenvalue weighted by molar-refractivity contribution is -0.118. The van der Waals surface area contributed by atoms with Crippen molar-refractivity contribution in [2.45, 2.75) is 6.54 Å². The van der Waals surface area contributed by atoms with Gasteiger partial charge >= 0.3 is 0 Å². The largest absolute Gasteiger partial charge is 0.484 e. The molecule has 2 N–H and O–H groups in total. The van der Waals surface area contributed by atoms with E-state index in [1.54, 1.807) is 60.7 Å². The molecule has 0 fully saturated rings. The zero-order chi connectivity index (χ0) is 29.2. The molecule has 0 aliphatic carbocycles. The quantitative estimate of drug-likeness (QED) is 0.186. The number of rotatable bonds is 11. The molecule has 41 heavy (non-hydrogen) atoms. The average Bonchev–Trinajstić information content (AvgIpc) is 2.95. The minimum atomic E-state index is -3.54. The van der Waals surface area contributed by atoms with Gasteiger partial charge in [-0.1, -0.05) is 48.0 Å². The van der Waals surface area contributed by atoms with E-state index in [0.29, 0.717) is 33.3 Å². The molecule has 0 unspecified atom stereocenters. The number of ether oxygens (including phenoxy) is 1. The summed E-state index contributed by atoms with van der Waals surface area (Å²) < 4.78 is 31.6. The molecule has 11 heteroatoms. The lowest BCUT2D eigenvalue weighted by Crippen LogP contribution is -2.29. The second-order valence-electron chi connectivity index (χ2n) is 8.92. The normalized spacial score (nSPS) is 11.2. The second kappa shape index (κ2) is 13.6. The third kappa shape index (κ3) is 8.92. The van der Waals surface area contributed by atoms with E-state index in [9.17, 15) is 18.0 Å². The summed E-state index contributed by atoms with van der Waals surface area (Å²) in [5, 5.41) is 7.20. The van der Waals surface area contributed by atoms with Crippen molar-refractivity contribution in [2.75, 3.05) is 22.5 Å². The Hall–Kier alpha value is -4.67. The number of sulfonamides is 1. The Morgan fingerprint density at radius 3 is 2.29 bits per heavy atom. The summed E-state index contributed by atoms with van der Waals surface area (Å²) in [6.07, 6.45) is 2.61. The molecule has 0 saturated carbocycles. The van der Waals surface area contributed by atoms with Crippen LogP contribution in [0.2, 0.25) is 5.02 Å².